The van der Waals surface area contributed by atoms with Crippen molar-refractivity contribution in [2.75, 3.05) is 4.90 Å². The van der Waals surface area contributed by atoms with Gasteiger partial charge in [-0.25, -0.2) is 0 Å². The number of benzene rings is 12. The van der Waals surface area contributed by atoms with Crippen molar-refractivity contribution < 1.29 is 9.47 Å². The highest BCUT2D eigenvalue weighted by Crippen LogP contribution is 2.66. The first-order chi connectivity index (χ1) is 38.2. The molecule has 0 atom stereocenters. The second-order valence-electron chi connectivity index (χ2n) is 20.5. The molecule has 360 valence electrons. The van der Waals surface area contributed by atoms with Crippen LogP contribution in [0.2, 0.25) is 0 Å². The van der Waals surface area contributed by atoms with E-state index in [0.29, 0.717) is 0 Å². The van der Waals surface area contributed by atoms with Gasteiger partial charge in [0.15, 0.2) is 0 Å². The van der Waals surface area contributed by atoms with Crippen LogP contribution in [0.25, 0.3) is 55.6 Å². The van der Waals surface area contributed by atoms with Gasteiger partial charge in [0.1, 0.15) is 23.0 Å². The molecule has 0 radical (unpaired) electrons. The van der Waals surface area contributed by atoms with Gasteiger partial charge in [0.05, 0.1) is 22.2 Å². The summed E-state index contributed by atoms with van der Waals surface area (Å²) in [7, 11) is 0. The molecule has 3 nitrogen and oxygen atoms in total. The van der Waals surface area contributed by atoms with E-state index in [1.807, 2.05) is 0 Å². The Labute approximate surface area is 448 Å². The summed E-state index contributed by atoms with van der Waals surface area (Å²) < 4.78 is 13.5. The first-order valence-corrected chi connectivity index (χ1v) is 26.6. The fourth-order valence-electron chi connectivity index (χ4n) is 13.9. The maximum Gasteiger partial charge on any atom is 0.132 e. The van der Waals surface area contributed by atoms with Gasteiger partial charge in [0.25, 0.3) is 0 Å². The highest BCUT2D eigenvalue weighted by molar-refractivity contribution is 6.04. The molecule has 2 spiro atoms. The lowest BCUT2D eigenvalue weighted by molar-refractivity contribution is 0.436. The SMILES string of the molecule is c1ccc(-c2ccc(N(c3ccccc3-c3cccc4c3-c3ccccc3C43c4ccccc4Oc4ccccc43)c3ccccc3-c3cccc4c3-c3ccccc3C43c4ccccc4Oc4ccccc43)cc2)cc1. The summed E-state index contributed by atoms with van der Waals surface area (Å²) in [6.45, 7) is 0. The van der Waals surface area contributed by atoms with E-state index in [1.165, 1.54) is 61.2 Å². The number of hydrogen-bond acceptors (Lipinski definition) is 3. The third-order valence-corrected chi connectivity index (χ3v) is 16.8. The lowest BCUT2D eigenvalue weighted by Crippen LogP contribution is -2.32. The van der Waals surface area contributed by atoms with E-state index in [0.717, 1.165) is 79.0 Å². The maximum absolute atomic E-state index is 6.74. The molecule has 12 aromatic rings. The Morgan fingerprint density at radius 3 is 0.961 bits per heavy atom. The van der Waals surface area contributed by atoms with Crippen LogP contribution in [0.5, 0.6) is 23.0 Å². The number of nitrogens with zero attached hydrogens (tertiary/aromatic N) is 1. The van der Waals surface area contributed by atoms with E-state index in [1.54, 1.807) is 0 Å². The van der Waals surface area contributed by atoms with Gasteiger partial charge in [-0.3, -0.25) is 0 Å². The van der Waals surface area contributed by atoms with Crippen LogP contribution in [0.4, 0.5) is 17.1 Å². The van der Waals surface area contributed by atoms with E-state index in [2.05, 4.69) is 290 Å². The van der Waals surface area contributed by atoms with Crippen LogP contribution < -0.4 is 14.4 Å². The van der Waals surface area contributed by atoms with Gasteiger partial charge in [0, 0.05) is 39.1 Å². The Morgan fingerprint density at radius 1 is 0.221 bits per heavy atom. The first kappa shape index (κ1) is 43.4. The second kappa shape index (κ2) is 16.8. The normalized spacial score (nSPS) is 13.9. The zero-order chi connectivity index (χ0) is 50.7. The molecule has 2 aliphatic heterocycles. The minimum absolute atomic E-state index is 0.602. The number of fused-ring (bicyclic) bond motifs is 18. The molecule has 2 aliphatic carbocycles. The molecule has 12 aromatic carbocycles. The van der Waals surface area contributed by atoms with Crippen molar-refractivity contribution in [3.8, 4) is 78.6 Å². The Balaban J connectivity index is 0.950. The quantitative estimate of drug-likeness (QED) is 0.166. The number of para-hydroxylation sites is 6. The Kier molecular flexibility index (Phi) is 9.47. The van der Waals surface area contributed by atoms with Crippen molar-refractivity contribution in [3.05, 3.63) is 330 Å². The lowest BCUT2D eigenvalue weighted by Gasteiger charge is -2.39. The zero-order valence-electron chi connectivity index (χ0n) is 41.9. The van der Waals surface area contributed by atoms with Crippen LogP contribution in [0, 0.1) is 0 Å². The van der Waals surface area contributed by atoms with Crippen LogP contribution in [-0.2, 0) is 10.8 Å². The number of hydrogen-bond donors (Lipinski definition) is 0. The fraction of sp³-hybridized carbons (Fsp3) is 0.0270. The van der Waals surface area contributed by atoms with Crippen LogP contribution in [-0.4, -0.2) is 0 Å². The largest absolute Gasteiger partial charge is 0.457 e. The van der Waals surface area contributed by atoms with Gasteiger partial charge in [-0.15, -0.1) is 0 Å². The summed E-state index contributed by atoms with van der Waals surface area (Å²) in [5.74, 6) is 3.53. The Bertz CT molecular complexity index is 4030. The van der Waals surface area contributed by atoms with E-state index < -0.39 is 10.8 Å². The molecule has 77 heavy (non-hydrogen) atoms. The molecule has 3 heteroatoms. The summed E-state index contributed by atoms with van der Waals surface area (Å²) in [4.78, 5) is 2.50. The maximum atomic E-state index is 6.74. The molecule has 0 aromatic heterocycles. The average molecular weight is 982 g/mol. The molecule has 4 aliphatic rings. The van der Waals surface area contributed by atoms with Crippen LogP contribution in [0.3, 0.4) is 0 Å². The fourth-order valence-corrected chi connectivity index (χ4v) is 13.9. The molecule has 0 N–H and O–H groups in total. The van der Waals surface area contributed by atoms with Crippen molar-refractivity contribution in [2.24, 2.45) is 0 Å². The molecular weight excluding hydrogens is 935 g/mol. The second-order valence-corrected chi connectivity index (χ2v) is 20.5. The standard InChI is InChI=1S/C74H47NO2/c1-2-22-48(23-3-1)49-44-46-50(47-45-49)75(65-38-14-6-24-51(65)53-28-20-36-63-71(53)55-26-4-8-30-57(55)73(63)59-32-10-16-40-67(59)76-68-41-17-11-33-60(68)73)66-39-15-7-25-52(66)54-29-21-37-64-72(54)56-27-5-9-31-58(56)74(64)61-34-12-18-42-69(61)77-70-43-19-13-35-62(70)74/h1-47H. The summed E-state index contributed by atoms with van der Waals surface area (Å²) in [6, 6.07) is 104. The van der Waals surface area contributed by atoms with Gasteiger partial charge in [-0.05, 0) is 115 Å². The van der Waals surface area contributed by atoms with E-state index >= 15 is 0 Å². The summed E-state index contributed by atoms with van der Waals surface area (Å²) in [6.07, 6.45) is 0. The van der Waals surface area contributed by atoms with Crippen molar-refractivity contribution >= 4 is 17.1 Å². The molecular formula is C74H47NO2. The van der Waals surface area contributed by atoms with Gasteiger partial charge >= 0.3 is 0 Å². The predicted octanol–water partition coefficient (Wildman–Crippen LogP) is 19.1. The molecule has 2 heterocycles. The van der Waals surface area contributed by atoms with Gasteiger partial charge < -0.3 is 14.4 Å². The highest BCUT2D eigenvalue weighted by atomic mass is 16.5. The summed E-state index contributed by atoms with van der Waals surface area (Å²) >= 11 is 0. The Morgan fingerprint density at radius 2 is 0.532 bits per heavy atom. The monoisotopic (exact) mass is 981 g/mol. The molecule has 0 saturated carbocycles. The zero-order valence-corrected chi connectivity index (χ0v) is 41.9. The molecule has 0 bridgehead atoms. The summed E-state index contributed by atoms with van der Waals surface area (Å²) in [5.41, 5.74) is 23.4. The first-order valence-electron chi connectivity index (χ1n) is 26.6. The van der Waals surface area contributed by atoms with Crippen molar-refractivity contribution in [1.82, 2.24) is 0 Å². The number of anilines is 3. The molecule has 0 unspecified atom stereocenters. The topological polar surface area (TPSA) is 21.7 Å². The van der Waals surface area contributed by atoms with Crippen LogP contribution >= 0.6 is 0 Å². The predicted molar refractivity (Wildman–Crippen MR) is 312 cm³/mol. The van der Waals surface area contributed by atoms with Gasteiger partial charge in [-0.2, -0.15) is 0 Å². The Hall–Kier alpha value is -9.96. The van der Waals surface area contributed by atoms with Gasteiger partial charge in [0.2, 0.25) is 0 Å². The van der Waals surface area contributed by atoms with Crippen molar-refractivity contribution in [1.29, 1.82) is 0 Å². The smallest absolute Gasteiger partial charge is 0.132 e. The minimum atomic E-state index is -0.602. The lowest BCUT2D eigenvalue weighted by atomic mass is 9.66. The molecule has 0 saturated heterocycles. The number of ether oxygens (including phenoxy) is 2. The minimum Gasteiger partial charge on any atom is -0.457 e. The number of rotatable bonds is 6. The molecule has 0 amide bonds. The molecule has 16 rings (SSSR count). The summed E-state index contributed by atoms with van der Waals surface area (Å²) in [5, 5.41) is 0. The molecule has 0 fully saturated rings. The third-order valence-electron chi connectivity index (χ3n) is 16.8. The third kappa shape index (κ3) is 6.02. The van der Waals surface area contributed by atoms with Crippen molar-refractivity contribution in [3.63, 3.8) is 0 Å². The van der Waals surface area contributed by atoms with E-state index in [9.17, 15) is 0 Å². The average Bonchev–Trinajstić information content (AvgIpc) is 4.14. The van der Waals surface area contributed by atoms with Gasteiger partial charge in [-0.1, -0.05) is 237 Å². The van der Waals surface area contributed by atoms with Crippen LogP contribution in [0.1, 0.15) is 44.5 Å². The van der Waals surface area contributed by atoms with Crippen molar-refractivity contribution in [2.45, 2.75) is 10.8 Å². The highest BCUT2D eigenvalue weighted by Gasteiger charge is 2.53. The van der Waals surface area contributed by atoms with E-state index in [4.69, 9.17) is 9.47 Å². The van der Waals surface area contributed by atoms with Crippen LogP contribution in [0.15, 0.2) is 285 Å². The van der Waals surface area contributed by atoms with E-state index in [-0.39, 0.29) is 0 Å².